The molecule has 0 saturated heterocycles. The van der Waals surface area contributed by atoms with Crippen molar-refractivity contribution in [2.75, 3.05) is 7.05 Å². The molecule has 1 aromatic carbocycles. The molecule has 3 aromatic heterocycles. The van der Waals surface area contributed by atoms with Gasteiger partial charge >= 0.3 is 6.03 Å². The molecule has 144 valence electrons. The summed E-state index contributed by atoms with van der Waals surface area (Å²) < 4.78 is 2.67. The molecule has 0 fully saturated rings. The molecule has 4 rings (SSSR count). The number of aromatic amines is 1. The summed E-state index contributed by atoms with van der Waals surface area (Å²) in [7, 11) is 1.66. The summed E-state index contributed by atoms with van der Waals surface area (Å²) in [4.78, 5) is 37.8. The average molecular weight is 396 g/mol. The predicted molar refractivity (Wildman–Crippen MR) is 109 cm³/mol. The Morgan fingerprint density at radius 3 is 2.89 bits per heavy atom. The maximum atomic E-state index is 12.5. The standard InChI is InChI=1S/C19H20N6O2S/c1-3-25-14-7-5-4-6-12(14)22-16(25)10-20-19(27)24(2)11-15-21-13-8-9-28-17(13)18(26)23-15/h4-9H,3,10-11H2,1-2H3,(H,20,27)(H,21,23,26). The fourth-order valence-corrected chi connectivity index (χ4v) is 3.92. The summed E-state index contributed by atoms with van der Waals surface area (Å²) in [6, 6.07) is 9.44. The molecule has 0 saturated carbocycles. The Morgan fingerprint density at radius 1 is 1.25 bits per heavy atom. The number of rotatable bonds is 5. The molecule has 0 aliphatic carbocycles. The second kappa shape index (κ2) is 7.43. The highest BCUT2D eigenvalue weighted by Crippen LogP contribution is 2.16. The SMILES string of the molecule is CCn1c(CNC(=O)N(C)Cc2nc3ccsc3c(=O)[nH]2)nc2ccccc21. The first-order chi connectivity index (χ1) is 13.6. The number of amides is 2. The molecule has 2 amide bonds. The van der Waals surface area contributed by atoms with E-state index >= 15 is 0 Å². The highest BCUT2D eigenvalue weighted by molar-refractivity contribution is 7.17. The van der Waals surface area contributed by atoms with Crippen LogP contribution in [0.15, 0.2) is 40.5 Å². The number of hydrogen-bond donors (Lipinski definition) is 2. The Balaban J connectivity index is 1.45. The zero-order chi connectivity index (χ0) is 19.7. The number of hydrogen-bond acceptors (Lipinski definition) is 5. The van der Waals surface area contributed by atoms with Crippen LogP contribution in [0.2, 0.25) is 0 Å². The van der Waals surface area contributed by atoms with E-state index in [9.17, 15) is 9.59 Å². The number of thiophene rings is 1. The molecule has 2 N–H and O–H groups in total. The third-order valence-electron chi connectivity index (χ3n) is 4.55. The number of aromatic nitrogens is 4. The number of benzene rings is 1. The van der Waals surface area contributed by atoms with Crippen LogP contribution in [0.4, 0.5) is 4.79 Å². The molecule has 9 heteroatoms. The molecule has 3 heterocycles. The number of aryl methyl sites for hydroxylation is 1. The van der Waals surface area contributed by atoms with Gasteiger partial charge in [-0.3, -0.25) is 4.79 Å². The number of nitrogens with one attached hydrogen (secondary N) is 2. The third kappa shape index (κ3) is 3.36. The molecule has 28 heavy (non-hydrogen) atoms. The van der Waals surface area contributed by atoms with Crippen LogP contribution in [0, 0.1) is 0 Å². The maximum Gasteiger partial charge on any atom is 0.317 e. The molecule has 4 aromatic rings. The first-order valence-corrected chi connectivity index (χ1v) is 9.84. The Kier molecular flexibility index (Phi) is 4.82. The zero-order valence-electron chi connectivity index (χ0n) is 15.6. The molecular formula is C19H20N6O2S. The minimum atomic E-state index is -0.261. The Hall–Kier alpha value is -3.20. The van der Waals surface area contributed by atoms with Crippen molar-refractivity contribution >= 4 is 38.6 Å². The number of H-pyrrole nitrogens is 1. The second-order valence-electron chi connectivity index (χ2n) is 6.42. The molecule has 0 unspecified atom stereocenters. The largest absolute Gasteiger partial charge is 0.331 e. The average Bonchev–Trinajstić information content (AvgIpc) is 3.30. The van der Waals surface area contributed by atoms with Crippen molar-refractivity contribution in [1.29, 1.82) is 0 Å². The summed E-state index contributed by atoms with van der Waals surface area (Å²) in [5, 5.41) is 4.71. The number of urea groups is 1. The van der Waals surface area contributed by atoms with Gasteiger partial charge in [0.1, 0.15) is 16.3 Å². The molecule has 8 nitrogen and oxygen atoms in total. The number of carbonyl (C=O) groups excluding carboxylic acids is 1. The van der Waals surface area contributed by atoms with E-state index in [1.54, 1.807) is 13.1 Å². The van der Waals surface area contributed by atoms with Crippen LogP contribution in [-0.4, -0.2) is 37.5 Å². The lowest BCUT2D eigenvalue weighted by molar-refractivity contribution is 0.205. The van der Waals surface area contributed by atoms with Crippen LogP contribution < -0.4 is 10.9 Å². The minimum Gasteiger partial charge on any atom is -0.331 e. The first-order valence-electron chi connectivity index (χ1n) is 8.96. The van der Waals surface area contributed by atoms with Gasteiger partial charge in [0.2, 0.25) is 0 Å². The van der Waals surface area contributed by atoms with Gasteiger partial charge in [0.25, 0.3) is 5.56 Å². The van der Waals surface area contributed by atoms with Gasteiger partial charge in [-0.1, -0.05) is 12.1 Å². The number of para-hydroxylation sites is 2. The van der Waals surface area contributed by atoms with E-state index in [2.05, 4.69) is 24.8 Å². The van der Waals surface area contributed by atoms with Crippen LogP contribution in [0.25, 0.3) is 21.3 Å². The normalized spacial score (nSPS) is 11.2. The molecule has 0 radical (unpaired) electrons. The van der Waals surface area contributed by atoms with Crippen molar-refractivity contribution < 1.29 is 4.79 Å². The van der Waals surface area contributed by atoms with E-state index in [0.717, 1.165) is 23.4 Å². The van der Waals surface area contributed by atoms with Crippen molar-refractivity contribution in [2.45, 2.75) is 26.6 Å². The van der Waals surface area contributed by atoms with Crippen molar-refractivity contribution in [2.24, 2.45) is 0 Å². The highest BCUT2D eigenvalue weighted by Gasteiger charge is 2.14. The maximum absolute atomic E-state index is 12.5. The summed E-state index contributed by atoms with van der Waals surface area (Å²) >= 11 is 1.35. The Labute approximate surface area is 164 Å². The zero-order valence-corrected chi connectivity index (χ0v) is 16.4. The van der Waals surface area contributed by atoms with Crippen molar-refractivity contribution in [3.63, 3.8) is 0 Å². The number of carbonyl (C=O) groups is 1. The third-order valence-corrected chi connectivity index (χ3v) is 5.45. The minimum absolute atomic E-state index is 0.180. The van der Waals surface area contributed by atoms with Crippen molar-refractivity contribution in [3.8, 4) is 0 Å². The predicted octanol–water partition coefficient (Wildman–Crippen LogP) is 2.70. The van der Waals surface area contributed by atoms with E-state index in [0.29, 0.717) is 22.6 Å². The summed E-state index contributed by atoms with van der Waals surface area (Å²) in [6.07, 6.45) is 0. The van der Waals surface area contributed by atoms with Crippen LogP contribution in [0.3, 0.4) is 0 Å². The van der Waals surface area contributed by atoms with E-state index in [-0.39, 0.29) is 18.1 Å². The lowest BCUT2D eigenvalue weighted by Crippen LogP contribution is -2.37. The van der Waals surface area contributed by atoms with Gasteiger partial charge in [-0.2, -0.15) is 0 Å². The van der Waals surface area contributed by atoms with Gasteiger partial charge in [-0.25, -0.2) is 14.8 Å². The Morgan fingerprint density at radius 2 is 2.07 bits per heavy atom. The fraction of sp³-hybridized carbons (Fsp3) is 0.263. The first kappa shape index (κ1) is 18.2. The van der Waals surface area contributed by atoms with Gasteiger partial charge in [-0.15, -0.1) is 11.3 Å². The van der Waals surface area contributed by atoms with E-state index in [1.165, 1.54) is 16.2 Å². The van der Waals surface area contributed by atoms with Gasteiger partial charge in [0.05, 0.1) is 29.6 Å². The number of imidazole rings is 1. The van der Waals surface area contributed by atoms with Gasteiger partial charge in [0.15, 0.2) is 0 Å². The Bertz CT molecular complexity index is 1210. The smallest absolute Gasteiger partial charge is 0.317 e. The van der Waals surface area contributed by atoms with E-state index < -0.39 is 0 Å². The molecule has 0 aliphatic heterocycles. The summed E-state index contributed by atoms with van der Waals surface area (Å²) in [5.41, 5.74) is 2.43. The van der Waals surface area contributed by atoms with Crippen LogP contribution in [0.5, 0.6) is 0 Å². The van der Waals surface area contributed by atoms with Crippen molar-refractivity contribution in [1.82, 2.24) is 29.7 Å². The molecule has 0 bridgehead atoms. The quantitative estimate of drug-likeness (QED) is 0.542. The lowest BCUT2D eigenvalue weighted by atomic mass is 10.3. The highest BCUT2D eigenvalue weighted by atomic mass is 32.1. The summed E-state index contributed by atoms with van der Waals surface area (Å²) in [5.74, 6) is 1.26. The fourth-order valence-electron chi connectivity index (χ4n) is 3.20. The van der Waals surface area contributed by atoms with E-state index in [1.807, 2.05) is 36.6 Å². The van der Waals surface area contributed by atoms with Gasteiger partial charge in [-0.05, 0) is 30.5 Å². The topological polar surface area (TPSA) is 95.9 Å². The summed E-state index contributed by atoms with van der Waals surface area (Å²) in [6.45, 7) is 3.35. The second-order valence-corrected chi connectivity index (χ2v) is 7.34. The molecule has 0 spiro atoms. The van der Waals surface area contributed by atoms with Crippen molar-refractivity contribution in [3.05, 3.63) is 57.7 Å². The lowest BCUT2D eigenvalue weighted by Gasteiger charge is -2.17. The monoisotopic (exact) mass is 396 g/mol. The molecule has 0 atom stereocenters. The van der Waals surface area contributed by atoms with Gasteiger partial charge in [0, 0.05) is 13.6 Å². The van der Waals surface area contributed by atoms with E-state index in [4.69, 9.17) is 0 Å². The van der Waals surface area contributed by atoms with Crippen LogP contribution >= 0.6 is 11.3 Å². The molecule has 0 aliphatic rings. The molecular weight excluding hydrogens is 376 g/mol. The van der Waals surface area contributed by atoms with Crippen LogP contribution in [-0.2, 0) is 19.6 Å². The van der Waals surface area contributed by atoms with Crippen LogP contribution in [0.1, 0.15) is 18.6 Å². The van der Waals surface area contributed by atoms with Gasteiger partial charge < -0.3 is 19.8 Å². The number of nitrogens with zero attached hydrogens (tertiary/aromatic N) is 4. The number of fused-ring (bicyclic) bond motifs is 2.